The third-order valence-electron chi connectivity index (χ3n) is 3.75. The number of nitrogens with two attached hydrogens (primary N) is 1. The molecule has 1 atom stereocenters. The molecule has 6 nitrogen and oxygen atoms in total. The number of aromatic nitrogens is 2. The fourth-order valence-electron chi connectivity index (χ4n) is 2.32. The van der Waals surface area contributed by atoms with Crippen LogP contribution in [0.15, 0.2) is 11.2 Å². The number of anilines is 2. The normalized spacial score (nSPS) is 20.0. The number of nitrogens with zero attached hydrogens (tertiary/aromatic N) is 4. The SMILES string of the molecule is CCCCSc1nc(N)cc(N2CCN(C)[C@@H](CO)C2)n1. The van der Waals surface area contributed by atoms with E-state index >= 15 is 0 Å². The number of unbranched alkanes of at least 4 members (excludes halogenated alkanes) is 1. The van der Waals surface area contributed by atoms with E-state index in [0.717, 1.165) is 42.8 Å². The molecule has 1 fully saturated rings. The van der Waals surface area contributed by atoms with Crippen molar-refractivity contribution < 1.29 is 5.11 Å². The van der Waals surface area contributed by atoms with Crippen LogP contribution >= 0.6 is 11.8 Å². The lowest BCUT2D eigenvalue weighted by molar-refractivity contribution is 0.135. The number of nitrogen functional groups attached to an aromatic ring is 1. The molecule has 7 heteroatoms. The molecule has 1 aliphatic heterocycles. The molecule has 0 aliphatic carbocycles. The van der Waals surface area contributed by atoms with Gasteiger partial charge in [0, 0.05) is 31.5 Å². The summed E-state index contributed by atoms with van der Waals surface area (Å²) in [4.78, 5) is 13.3. The molecule has 2 heterocycles. The van der Waals surface area contributed by atoms with E-state index in [9.17, 15) is 5.11 Å². The quantitative estimate of drug-likeness (QED) is 0.462. The molecule has 1 saturated heterocycles. The van der Waals surface area contributed by atoms with E-state index in [1.807, 2.05) is 13.1 Å². The molecule has 1 aromatic heterocycles. The number of hydrogen-bond acceptors (Lipinski definition) is 7. The van der Waals surface area contributed by atoms with Gasteiger partial charge >= 0.3 is 0 Å². The maximum Gasteiger partial charge on any atom is 0.191 e. The summed E-state index contributed by atoms with van der Waals surface area (Å²) >= 11 is 1.66. The zero-order valence-corrected chi connectivity index (χ0v) is 13.6. The molecule has 0 saturated carbocycles. The van der Waals surface area contributed by atoms with E-state index in [-0.39, 0.29) is 12.6 Å². The summed E-state index contributed by atoms with van der Waals surface area (Å²) in [7, 11) is 2.04. The topological polar surface area (TPSA) is 78.5 Å². The Morgan fingerprint density at radius 2 is 2.24 bits per heavy atom. The number of aliphatic hydroxyl groups excluding tert-OH is 1. The molecular formula is C14H25N5OS. The first-order chi connectivity index (χ1) is 10.1. The van der Waals surface area contributed by atoms with Crippen LogP contribution in [0.25, 0.3) is 0 Å². The lowest BCUT2D eigenvalue weighted by Crippen LogP contribution is -2.53. The van der Waals surface area contributed by atoms with Crippen molar-refractivity contribution in [2.75, 3.05) is 49.7 Å². The summed E-state index contributed by atoms with van der Waals surface area (Å²) in [6.45, 7) is 4.90. The van der Waals surface area contributed by atoms with Gasteiger partial charge in [-0.05, 0) is 13.5 Å². The number of hydrogen-bond donors (Lipinski definition) is 2. The minimum Gasteiger partial charge on any atom is -0.395 e. The summed E-state index contributed by atoms with van der Waals surface area (Å²) in [5.74, 6) is 2.40. The van der Waals surface area contributed by atoms with Crippen LogP contribution < -0.4 is 10.6 Å². The van der Waals surface area contributed by atoms with Crippen molar-refractivity contribution in [1.29, 1.82) is 0 Å². The molecule has 2 rings (SSSR count). The standard InChI is InChI=1S/C14H25N5OS/c1-3-4-7-21-14-16-12(15)8-13(17-14)19-6-5-18(2)11(9-19)10-20/h8,11,20H,3-7,9-10H2,1-2H3,(H2,15,16,17)/t11-/m1/s1. The van der Waals surface area contributed by atoms with Crippen molar-refractivity contribution in [1.82, 2.24) is 14.9 Å². The zero-order valence-electron chi connectivity index (χ0n) is 12.8. The Hall–Kier alpha value is -1.05. The summed E-state index contributed by atoms with van der Waals surface area (Å²) in [5.41, 5.74) is 5.91. The number of thioether (sulfide) groups is 1. The van der Waals surface area contributed by atoms with Crippen molar-refractivity contribution >= 4 is 23.4 Å². The fourth-order valence-corrected chi connectivity index (χ4v) is 3.26. The van der Waals surface area contributed by atoms with Crippen LogP contribution in [0.2, 0.25) is 0 Å². The first-order valence-electron chi connectivity index (χ1n) is 7.47. The number of piperazine rings is 1. The molecule has 118 valence electrons. The first-order valence-corrected chi connectivity index (χ1v) is 8.46. The van der Waals surface area contributed by atoms with Gasteiger partial charge in [-0.25, -0.2) is 9.97 Å². The van der Waals surface area contributed by atoms with Crippen LogP contribution in [-0.4, -0.2) is 65.1 Å². The van der Waals surface area contributed by atoms with Crippen molar-refractivity contribution in [2.45, 2.75) is 31.0 Å². The third-order valence-corrected chi connectivity index (χ3v) is 4.69. The Labute approximate surface area is 130 Å². The van der Waals surface area contributed by atoms with E-state index in [4.69, 9.17) is 5.73 Å². The molecule has 0 bridgehead atoms. The van der Waals surface area contributed by atoms with Crippen molar-refractivity contribution in [3.63, 3.8) is 0 Å². The van der Waals surface area contributed by atoms with Gasteiger partial charge < -0.3 is 15.7 Å². The second-order valence-electron chi connectivity index (χ2n) is 5.40. The highest BCUT2D eigenvalue weighted by Crippen LogP contribution is 2.23. The minimum atomic E-state index is 0.145. The van der Waals surface area contributed by atoms with Crippen LogP contribution in [0.4, 0.5) is 11.6 Å². The Bertz CT molecular complexity index is 459. The van der Waals surface area contributed by atoms with Gasteiger partial charge in [0.15, 0.2) is 5.16 Å². The van der Waals surface area contributed by atoms with Crippen LogP contribution in [0.5, 0.6) is 0 Å². The molecule has 0 amide bonds. The monoisotopic (exact) mass is 311 g/mol. The second-order valence-corrected chi connectivity index (χ2v) is 6.46. The second kappa shape index (κ2) is 7.82. The number of rotatable bonds is 6. The maximum absolute atomic E-state index is 9.45. The van der Waals surface area contributed by atoms with Gasteiger partial charge in [0.1, 0.15) is 11.6 Å². The molecule has 0 spiro atoms. The Morgan fingerprint density at radius 3 is 2.95 bits per heavy atom. The molecule has 1 aromatic rings. The van der Waals surface area contributed by atoms with Crippen molar-refractivity contribution in [3.8, 4) is 0 Å². The Morgan fingerprint density at radius 1 is 1.43 bits per heavy atom. The Kier molecular flexibility index (Phi) is 6.08. The molecule has 0 unspecified atom stereocenters. The van der Waals surface area contributed by atoms with Gasteiger partial charge in [0.2, 0.25) is 0 Å². The van der Waals surface area contributed by atoms with Gasteiger partial charge in [-0.1, -0.05) is 25.1 Å². The average molecular weight is 311 g/mol. The zero-order chi connectivity index (χ0) is 15.2. The molecule has 3 N–H and O–H groups in total. The van der Waals surface area contributed by atoms with Gasteiger partial charge in [0.05, 0.1) is 12.6 Å². The number of likely N-dealkylation sites (N-methyl/N-ethyl adjacent to an activating group) is 1. The minimum absolute atomic E-state index is 0.145. The van der Waals surface area contributed by atoms with Crippen LogP contribution in [0.3, 0.4) is 0 Å². The highest BCUT2D eigenvalue weighted by atomic mass is 32.2. The van der Waals surface area contributed by atoms with E-state index in [1.54, 1.807) is 11.8 Å². The van der Waals surface area contributed by atoms with E-state index in [1.165, 1.54) is 6.42 Å². The van der Waals surface area contributed by atoms with Gasteiger partial charge in [-0.15, -0.1) is 0 Å². The van der Waals surface area contributed by atoms with Gasteiger partial charge in [-0.2, -0.15) is 0 Å². The van der Waals surface area contributed by atoms with E-state index in [0.29, 0.717) is 5.82 Å². The largest absolute Gasteiger partial charge is 0.395 e. The van der Waals surface area contributed by atoms with E-state index < -0.39 is 0 Å². The van der Waals surface area contributed by atoms with Crippen LogP contribution in [0, 0.1) is 0 Å². The van der Waals surface area contributed by atoms with Gasteiger partial charge in [0.25, 0.3) is 0 Å². The van der Waals surface area contributed by atoms with Crippen LogP contribution in [0.1, 0.15) is 19.8 Å². The van der Waals surface area contributed by atoms with Crippen molar-refractivity contribution in [3.05, 3.63) is 6.07 Å². The predicted octanol–water partition coefficient (Wildman–Crippen LogP) is 1.06. The van der Waals surface area contributed by atoms with E-state index in [2.05, 4.69) is 26.7 Å². The summed E-state index contributed by atoms with van der Waals surface area (Å²) < 4.78 is 0. The number of aliphatic hydroxyl groups is 1. The lowest BCUT2D eigenvalue weighted by Gasteiger charge is -2.39. The van der Waals surface area contributed by atoms with Crippen molar-refractivity contribution in [2.24, 2.45) is 0 Å². The smallest absolute Gasteiger partial charge is 0.191 e. The molecule has 21 heavy (non-hydrogen) atoms. The molecule has 0 aromatic carbocycles. The molecular weight excluding hydrogens is 286 g/mol. The average Bonchev–Trinajstić information content (AvgIpc) is 2.47. The summed E-state index contributed by atoms with van der Waals surface area (Å²) in [6, 6.07) is 1.97. The third kappa shape index (κ3) is 4.46. The summed E-state index contributed by atoms with van der Waals surface area (Å²) in [5, 5.41) is 10.2. The fraction of sp³-hybridized carbons (Fsp3) is 0.714. The molecule has 1 aliphatic rings. The van der Waals surface area contributed by atoms with Gasteiger partial charge in [-0.3, -0.25) is 4.90 Å². The lowest BCUT2D eigenvalue weighted by atomic mass is 10.2. The Balaban J connectivity index is 2.08. The first kappa shape index (κ1) is 16.3. The summed E-state index contributed by atoms with van der Waals surface area (Å²) in [6.07, 6.45) is 2.32. The van der Waals surface area contributed by atoms with Crippen LogP contribution in [-0.2, 0) is 0 Å². The highest BCUT2D eigenvalue weighted by Gasteiger charge is 2.25. The molecule has 0 radical (unpaired) electrons. The maximum atomic E-state index is 9.45. The highest BCUT2D eigenvalue weighted by molar-refractivity contribution is 7.99. The predicted molar refractivity (Wildman–Crippen MR) is 87.8 cm³/mol.